The van der Waals surface area contributed by atoms with Crippen molar-refractivity contribution in [2.75, 3.05) is 46.4 Å². The van der Waals surface area contributed by atoms with Crippen LogP contribution in [0.25, 0.3) is 0 Å². The van der Waals surface area contributed by atoms with Gasteiger partial charge in [0.2, 0.25) is 0 Å². The summed E-state index contributed by atoms with van der Waals surface area (Å²) in [5.74, 6) is 0.134. The molecule has 0 aromatic rings. The number of hydrogen-bond acceptors (Lipinski definition) is 5. The van der Waals surface area contributed by atoms with E-state index >= 15 is 0 Å². The summed E-state index contributed by atoms with van der Waals surface area (Å²) in [5, 5.41) is 12.8. The lowest BCUT2D eigenvalue weighted by atomic mass is 9.90. The molecule has 2 rings (SSSR count). The summed E-state index contributed by atoms with van der Waals surface area (Å²) in [4.78, 5) is 17.1. The number of aliphatic hydroxyl groups is 1. The third kappa shape index (κ3) is 5.44. The van der Waals surface area contributed by atoms with Crippen LogP contribution in [0, 0.1) is 0 Å². The van der Waals surface area contributed by atoms with E-state index in [9.17, 15) is 9.90 Å². The second kappa shape index (κ2) is 10.0. The molecule has 23 heavy (non-hydrogen) atoms. The maximum atomic E-state index is 12.9. The van der Waals surface area contributed by atoms with Gasteiger partial charge in [-0.1, -0.05) is 0 Å². The standard InChI is InChI=1S/C15H29N3O3.2ClH/c1-12-10-18(9-8-17(12)11-13(2)19)14(20)15(21-3)4-6-16-7-5-15;;/h12-13,16,19H,4-11H2,1-3H3;2*1H. The normalized spacial score (nSPS) is 25.9. The lowest BCUT2D eigenvalue weighted by molar-refractivity contribution is -0.161. The Morgan fingerprint density at radius 2 is 1.96 bits per heavy atom. The predicted molar refractivity (Wildman–Crippen MR) is 95.6 cm³/mol. The maximum Gasteiger partial charge on any atom is 0.255 e. The van der Waals surface area contributed by atoms with Crippen molar-refractivity contribution in [3.05, 3.63) is 0 Å². The zero-order valence-corrected chi connectivity index (χ0v) is 15.9. The Balaban J connectivity index is 0.00000242. The van der Waals surface area contributed by atoms with Gasteiger partial charge >= 0.3 is 0 Å². The molecule has 0 aromatic carbocycles. The van der Waals surface area contributed by atoms with Crippen molar-refractivity contribution in [1.82, 2.24) is 15.1 Å². The minimum atomic E-state index is -0.641. The van der Waals surface area contributed by atoms with Crippen LogP contribution in [-0.4, -0.2) is 84.9 Å². The van der Waals surface area contributed by atoms with Gasteiger partial charge < -0.3 is 20.1 Å². The number of halogens is 2. The number of methoxy groups -OCH3 is 1. The molecule has 2 unspecified atom stereocenters. The molecule has 0 saturated carbocycles. The smallest absolute Gasteiger partial charge is 0.255 e. The van der Waals surface area contributed by atoms with E-state index in [2.05, 4.69) is 17.1 Å². The Bertz CT molecular complexity index is 366. The Labute approximate surface area is 151 Å². The van der Waals surface area contributed by atoms with Crippen molar-refractivity contribution in [1.29, 1.82) is 0 Å². The molecule has 2 saturated heterocycles. The molecule has 138 valence electrons. The Morgan fingerprint density at radius 3 is 2.43 bits per heavy atom. The molecule has 2 N–H and O–H groups in total. The number of nitrogens with zero attached hydrogens (tertiary/aromatic N) is 2. The number of hydrogen-bond donors (Lipinski definition) is 2. The van der Waals surface area contributed by atoms with E-state index in [1.807, 2.05) is 4.90 Å². The van der Waals surface area contributed by atoms with Gasteiger partial charge in [0.25, 0.3) is 5.91 Å². The van der Waals surface area contributed by atoms with Crippen LogP contribution in [0.15, 0.2) is 0 Å². The van der Waals surface area contributed by atoms with Gasteiger partial charge in [0.15, 0.2) is 0 Å². The van der Waals surface area contributed by atoms with Crippen molar-refractivity contribution in [2.45, 2.75) is 44.4 Å². The maximum absolute atomic E-state index is 12.9. The predicted octanol–water partition coefficient (Wildman–Crippen LogP) is 0.512. The minimum Gasteiger partial charge on any atom is -0.392 e. The summed E-state index contributed by atoms with van der Waals surface area (Å²) < 4.78 is 5.64. The number of carbonyl (C=O) groups is 1. The van der Waals surface area contributed by atoms with Crippen molar-refractivity contribution >= 4 is 30.7 Å². The first-order valence-corrected chi connectivity index (χ1v) is 7.96. The lowest BCUT2D eigenvalue weighted by Gasteiger charge is -2.44. The molecule has 0 aliphatic carbocycles. The molecule has 0 bridgehead atoms. The molecule has 2 aliphatic rings. The number of nitrogens with one attached hydrogen (secondary N) is 1. The van der Waals surface area contributed by atoms with E-state index in [1.165, 1.54) is 0 Å². The SMILES string of the molecule is COC1(C(=O)N2CCN(CC(C)O)C(C)C2)CCNCC1.Cl.Cl. The van der Waals surface area contributed by atoms with Gasteiger partial charge in [-0.25, -0.2) is 0 Å². The van der Waals surface area contributed by atoms with Crippen molar-refractivity contribution in [3.8, 4) is 0 Å². The number of rotatable bonds is 4. The Morgan fingerprint density at radius 1 is 1.35 bits per heavy atom. The molecule has 0 spiro atoms. The monoisotopic (exact) mass is 371 g/mol. The number of aliphatic hydroxyl groups excluding tert-OH is 1. The number of β-amino-alcohol motifs (C(OH)–C–C–N with tert-alkyl or cyclic N) is 1. The molecule has 2 atom stereocenters. The molecular formula is C15H31Cl2N3O3. The van der Waals surface area contributed by atoms with Crippen molar-refractivity contribution in [2.24, 2.45) is 0 Å². The Hall–Kier alpha value is -0.110. The first kappa shape index (κ1) is 22.9. The summed E-state index contributed by atoms with van der Waals surface area (Å²) in [5.41, 5.74) is -0.641. The number of piperidine rings is 1. The van der Waals surface area contributed by atoms with Crippen LogP contribution in [0.5, 0.6) is 0 Å². The second-order valence-corrected chi connectivity index (χ2v) is 6.39. The van der Waals surface area contributed by atoms with Gasteiger partial charge in [-0.2, -0.15) is 0 Å². The fourth-order valence-electron chi connectivity index (χ4n) is 3.41. The van der Waals surface area contributed by atoms with Gasteiger partial charge in [0.05, 0.1) is 6.10 Å². The summed E-state index contributed by atoms with van der Waals surface area (Å²) >= 11 is 0. The van der Waals surface area contributed by atoms with Crippen LogP contribution < -0.4 is 5.32 Å². The number of piperazine rings is 1. The third-order valence-electron chi connectivity index (χ3n) is 4.74. The highest BCUT2D eigenvalue weighted by atomic mass is 35.5. The third-order valence-corrected chi connectivity index (χ3v) is 4.74. The first-order chi connectivity index (χ1) is 9.98. The Kier molecular flexibility index (Phi) is 9.96. The van der Waals surface area contributed by atoms with Crippen LogP contribution in [0.2, 0.25) is 0 Å². The molecule has 0 radical (unpaired) electrons. The van der Waals surface area contributed by atoms with Crippen LogP contribution in [-0.2, 0) is 9.53 Å². The van der Waals surface area contributed by atoms with E-state index < -0.39 is 5.60 Å². The van der Waals surface area contributed by atoms with Gasteiger partial charge in [-0.05, 0) is 39.8 Å². The molecule has 6 nitrogen and oxygen atoms in total. The molecule has 0 aromatic heterocycles. The fraction of sp³-hybridized carbons (Fsp3) is 0.933. The van der Waals surface area contributed by atoms with Gasteiger partial charge in [-0.15, -0.1) is 24.8 Å². The summed E-state index contributed by atoms with van der Waals surface area (Å²) in [6.07, 6.45) is 1.15. The molecule has 8 heteroatoms. The van der Waals surface area contributed by atoms with Gasteiger partial charge in [-0.3, -0.25) is 9.69 Å². The minimum absolute atomic E-state index is 0. The van der Waals surface area contributed by atoms with Crippen LogP contribution >= 0.6 is 24.8 Å². The van der Waals surface area contributed by atoms with Crippen LogP contribution in [0.3, 0.4) is 0 Å². The number of ether oxygens (including phenoxy) is 1. The molecule has 2 aliphatic heterocycles. The van der Waals surface area contributed by atoms with Gasteiger partial charge in [0.1, 0.15) is 5.60 Å². The first-order valence-electron chi connectivity index (χ1n) is 7.96. The van der Waals surface area contributed by atoms with Crippen molar-refractivity contribution in [3.63, 3.8) is 0 Å². The molecule has 2 fully saturated rings. The highest BCUT2D eigenvalue weighted by Crippen LogP contribution is 2.26. The van der Waals surface area contributed by atoms with Crippen LogP contribution in [0.4, 0.5) is 0 Å². The molecule has 1 amide bonds. The van der Waals surface area contributed by atoms with Crippen molar-refractivity contribution < 1.29 is 14.6 Å². The molecule has 2 heterocycles. The van der Waals surface area contributed by atoms with E-state index in [0.29, 0.717) is 19.6 Å². The lowest BCUT2D eigenvalue weighted by Crippen LogP contribution is -2.61. The zero-order valence-electron chi connectivity index (χ0n) is 14.3. The zero-order chi connectivity index (χ0) is 15.5. The topological polar surface area (TPSA) is 65.0 Å². The average molecular weight is 372 g/mol. The highest BCUT2D eigenvalue weighted by Gasteiger charge is 2.43. The quantitative estimate of drug-likeness (QED) is 0.753. The fourth-order valence-corrected chi connectivity index (χ4v) is 3.41. The number of amides is 1. The summed E-state index contributed by atoms with van der Waals surface area (Å²) in [7, 11) is 1.65. The molecular weight excluding hydrogens is 341 g/mol. The van der Waals surface area contributed by atoms with E-state index in [4.69, 9.17) is 4.74 Å². The summed E-state index contributed by atoms with van der Waals surface area (Å²) in [6.45, 7) is 8.49. The van der Waals surface area contributed by atoms with Crippen LogP contribution in [0.1, 0.15) is 26.7 Å². The largest absolute Gasteiger partial charge is 0.392 e. The van der Waals surface area contributed by atoms with E-state index in [1.54, 1.807) is 14.0 Å². The highest BCUT2D eigenvalue weighted by molar-refractivity contribution is 5.86. The van der Waals surface area contributed by atoms with Gasteiger partial charge in [0, 0.05) is 39.3 Å². The second-order valence-electron chi connectivity index (χ2n) is 6.39. The number of carbonyl (C=O) groups excluding carboxylic acids is 1. The van der Waals surface area contributed by atoms with E-state index in [-0.39, 0.29) is 42.9 Å². The van der Waals surface area contributed by atoms with E-state index in [0.717, 1.165) is 32.5 Å². The average Bonchev–Trinajstić information content (AvgIpc) is 2.49. The summed E-state index contributed by atoms with van der Waals surface area (Å²) in [6, 6.07) is 0.271.